The maximum absolute atomic E-state index is 7.27. The Balaban J connectivity index is 2.41. The Kier molecular flexibility index (Phi) is 6.18. The number of anilines is 1. The summed E-state index contributed by atoms with van der Waals surface area (Å²) in [5.41, 5.74) is 1.37. The van der Waals surface area contributed by atoms with Crippen molar-refractivity contribution in [2.45, 2.75) is 19.1 Å². The van der Waals surface area contributed by atoms with Crippen LogP contribution in [0.5, 0.6) is 0 Å². The van der Waals surface area contributed by atoms with Gasteiger partial charge in [0.15, 0.2) is 0 Å². The predicted octanol–water partition coefficient (Wildman–Crippen LogP) is 2.61. The molecule has 0 spiro atoms. The minimum absolute atomic E-state index is 0.333. The van der Waals surface area contributed by atoms with E-state index < -0.39 is 8.80 Å². The van der Waals surface area contributed by atoms with Crippen LogP contribution in [0.25, 0.3) is 0 Å². The van der Waals surface area contributed by atoms with Crippen LogP contribution in [0.15, 0.2) is 12.3 Å². The van der Waals surface area contributed by atoms with Crippen molar-refractivity contribution >= 4 is 32.3 Å². The Hall–Kier alpha value is -0.913. The molecule has 0 aliphatic carbocycles. The first-order chi connectivity index (χ1) is 8.15. The van der Waals surface area contributed by atoms with Crippen molar-refractivity contribution in [1.82, 2.24) is 4.98 Å². The molecule has 1 heterocycles. The van der Waals surface area contributed by atoms with Gasteiger partial charge in [0.05, 0.1) is 5.56 Å². The topological polar surface area (TPSA) is 58.0 Å². The van der Waals surface area contributed by atoms with Crippen molar-refractivity contribution in [1.29, 1.82) is 5.41 Å². The second kappa shape index (κ2) is 7.42. The summed E-state index contributed by atoms with van der Waals surface area (Å²) in [6.07, 6.45) is 2.80. The van der Waals surface area contributed by atoms with Gasteiger partial charge in [0.25, 0.3) is 0 Å². The van der Waals surface area contributed by atoms with Gasteiger partial charge in [-0.1, -0.05) is 24.7 Å². The highest BCUT2D eigenvalue weighted by molar-refractivity contribution is 6.55. The van der Waals surface area contributed by atoms with Gasteiger partial charge in [0.1, 0.15) is 11.9 Å². The lowest BCUT2D eigenvalue weighted by Gasteiger charge is -2.11. The lowest BCUT2D eigenvalue weighted by atomic mass is 10.2. The van der Waals surface area contributed by atoms with E-state index >= 15 is 0 Å². The Morgan fingerprint density at radius 2 is 2.35 bits per heavy atom. The summed E-state index contributed by atoms with van der Waals surface area (Å²) in [6, 6.07) is 2.96. The summed E-state index contributed by atoms with van der Waals surface area (Å²) in [7, 11) is -0.531. The number of hydrogen-bond acceptors (Lipinski definition) is 4. The van der Waals surface area contributed by atoms with Crippen LogP contribution in [0, 0.1) is 5.41 Å². The van der Waals surface area contributed by atoms with Gasteiger partial charge >= 0.3 is 0 Å². The molecule has 0 radical (unpaired) electrons. The van der Waals surface area contributed by atoms with Crippen LogP contribution in [0.2, 0.25) is 24.3 Å². The molecule has 6 heteroatoms. The number of pyridine rings is 1. The number of nitrogens with zero attached hydrogens (tertiary/aromatic N) is 1. The minimum atomic E-state index is -0.531. The molecule has 0 amide bonds. The smallest absolute Gasteiger partial charge is 0.139 e. The minimum Gasteiger partial charge on any atom is -0.362 e. The summed E-state index contributed by atoms with van der Waals surface area (Å²) in [5.74, 6) is 0. The van der Waals surface area contributed by atoms with Crippen LogP contribution in [0.3, 0.4) is 0 Å². The molecular weight excluding hydrogens is 254 g/mol. The zero-order valence-corrected chi connectivity index (χ0v) is 12.1. The number of hydrogen-bond donors (Lipinski definition) is 2. The molecule has 0 aliphatic rings. The molecule has 1 rings (SSSR count). The Bertz CT molecular complexity index is 374. The van der Waals surface area contributed by atoms with Crippen LogP contribution >= 0.6 is 11.6 Å². The highest BCUT2D eigenvalue weighted by Crippen LogP contribution is 2.19. The number of ether oxygens (including phenoxy) is 1. The summed E-state index contributed by atoms with van der Waals surface area (Å²) in [4.78, 5) is 3.92. The first kappa shape index (κ1) is 14.1. The van der Waals surface area contributed by atoms with Gasteiger partial charge in [-0.15, -0.1) is 0 Å². The average Bonchev–Trinajstić information content (AvgIpc) is 2.28. The fourth-order valence-electron chi connectivity index (χ4n) is 1.26. The predicted molar refractivity (Wildman–Crippen MR) is 75.3 cm³/mol. The fraction of sp³-hybridized carbons (Fsp3) is 0.455. The summed E-state index contributed by atoms with van der Waals surface area (Å²) >= 11 is 5.87. The molecule has 1 aromatic heterocycles. The molecule has 0 unspecified atom stereocenters. The molecule has 0 fully saturated rings. The molecule has 0 aromatic carbocycles. The summed E-state index contributed by atoms with van der Waals surface area (Å²) in [5, 5.41) is 10.7. The normalized spacial score (nSPS) is 10.6. The standard InChI is InChI=1S/C11H18ClN3OSi/c1-17(2)6-5-16-8-15-10-3-4-14-11(12)9(10)7-13/h3-4,7,13,17H,5-6,8H2,1-2H3,(H,14,15). The molecule has 0 aliphatic heterocycles. The quantitative estimate of drug-likeness (QED) is 0.263. The summed E-state index contributed by atoms with van der Waals surface area (Å²) < 4.78 is 5.47. The number of halogens is 1. The number of nitrogens with one attached hydrogen (secondary N) is 2. The molecule has 17 heavy (non-hydrogen) atoms. The van der Waals surface area contributed by atoms with Gasteiger partial charge in [-0.2, -0.15) is 0 Å². The summed E-state index contributed by atoms with van der Waals surface area (Å²) in [6.45, 7) is 5.82. The zero-order valence-electron chi connectivity index (χ0n) is 10.2. The first-order valence-electron chi connectivity index (χ1n) is 5.61. The van der Waals surface area contributed by atoms with Gasteiger partial charge in [0, 0.05) is 33.5 Å². The molecule has 4 nitrogen and oxygen atoms in total. The van der Waals surface area contributed by atoms with Gasteiger partial charge in [-0.05, 0) is 12.1 Å². The van der Waals surface area contributed by atoms with E-state index in [9.17, 15) is 0 Å². The zero-order chi connectivity index (χ0) is 12.7. The van der Waals surface area contributed by atoms with Crippen LogP contribution < -0.4 is 5.32 Å². The molecule has 0 saturated heterocycles. The van der Waals surface area contributed by atoms with E-state index in [1.807, 2.05) is 0 Å². The SMILES string of the molecule is C[SiH](C)CCOCNc1ccnc(Cl)c1C=N. The van der Waals surface area contributed by atoms with E-state index in [4.69, 9.17) is 21.7 Å². The van der Waals surface area contributed by atoms with Gasteiger partial charge in [-0.3, -0.25) is 0 Å². The van der Waals surface area contributed by atoms with Crippen molar-refractivity contribution in [2.75, 3.05) is 18.7 Å². The lowest BCUT2D eigenvalue weighted by molar-refractivity contribution is 0.166. The largest absolute Gasteiger partial charge is 0.362 e. The van der Waals surface area contributed by atoms with E-state index in [-0.39, 0.29) is 0 Å². The van der Waals surface area contributed by atoms with E-state index in [1.165, 1.54) is 12.3 Å². The lowest BCUT2D eigenvalue weighted by Crippen LogP contribution is -2.12. The van der Waals surface area contributed by atoms with Crippen molar-refractivity contribution in [3.63, 3.8) is 0 Å². The number of aromatic nitrogens is 1. The molecule has 0 saturated carbocycles. The fourth-order valence-corrected chi connectivity index (χ4v) is 2.11. The van der Waals surface area contributed by atoms with E-state index in [1.54, 1.807) is 12.3 Å². The van der Waals surface area contributed by atoms with Gasteiger partial charge in [-0.25, -0.2) is 4.98 Å². The monoisotopic (exact) mass is 271 g/mol. The highest BCUT2D eigenvalue weighted by Gasteiger charge is 2.04. The Labute approximate surface area is 108 Å². The third-order valence-electron chi connectivity index (χ3n) is 2.29. The molecule has 0 bridgehead atoms. The van der Waals surface area contributed by atoms with Gasteiger partial charge < -0.3 is 15.5 Å². The van der Waals surface area contributed by atoms with E-state index in [0.717, 1.165) is 12.3 Å². The van der Waals surface area contributed by atoms with Crippen LogP contribution in [-0.4, -0.2) is 33.3 Å². The second-order valence-corrected chi connectivity index (χ2v) is 7.84. The Morgan fingerprint density at radius 3 is 3.00 bits per heavy atom. The molecule has 2 N–H and O–H groups in total. The highest BCUT2D eigenvalue weighted by atomic mass is 35.5. The first-order valence-corrected chi connectivity index (χ1v) is 9.12. The average molecular weight is 272 g/mol. The third kappa shape index (κ3) is 4.85. The molecular formula is C11H18ClN3OSi. The van der Waals surface area contributed by atoms with Crippen molar-refractivity contribution in [3.05, 3.63) is 23.0 Å². The van der Waals surface area contributed by atoms with Crippen LogP contribution in [0.4, 0.5) is 5.69 Å². The van der Waals surface area contributed by atoms with E-state index in [2.05, 4.69) is 23.4 Å². The second-order valence-electron chi connectivity index (χ2n) is 4.12. The number of rotatable bonds is 7. The molecule has 1 aromatic rings. The van der Waals surface area contributed by atoms with Gasteiger partial charge in [0.2, 0.25) is 0 Å². The molecule has 0 atom stereocenters. The van der Waals surface area contributed by atoms with Crippen LogP contribution in [0.1, 0.15) is 5.56 Å². The molecule has 94 valence electrons. The third-order valence-corrected chi connectivity index (χ3v) is 3.98. The maximum Gasteiger partial charge on any atom is 0.139 e. The van der Waals surface area contributed by atoms with Crippen LogP contribution in [-0.2, 0) is 4.74 Å². The Morgan fingerprint density at radius 1 is 1.59 bits per heavy atom. The van der Waals surface area contributed by atoms with Crippen molar-refractivity contribution in [3.8, 4) is 0 Å². The maximum atomic E-state index is 7.27. The van der Waals surface area contributed by atoms with E-state index in [0.29, 0.717) is 17.4 Å². The van der Waals surface area contributed by atoms with Crippen molar-refractivity contribution < 1.29 is 4.74 Å². The van der Waals surface area contributed by atoms with Crippen molar-refractivity contribution in [2.24, 2.45) is 0 Å².